The maximum Gasteiger partial charge on any atom is 0.269 e. The molecule has 3 rings (SSSR count). The molecule has 0 radical (unpaired) electrons. The molecule has 5 N–H and O–H groups in total. The second-order valence-corrected chi connectivity index (χ2v) is 8.40. The molecule has 3 amide bonds. The first-order valence-electron chi connectivity index (χ1n) is 9.47. The fourth-order valence-corrected chi connectivity index (χ4v) is 3.85. The number of benzene rings is 3. The Hall–Kier alpha value is -4.38. The van der Waals surface area contributed by atoms with Gasteiger partial charge < -0.3 is 10.5 Å². The zero-order valence-corrected chi connectivity index (χ0v) is 18.2. The number of methoxy groups -OCH3 is 1. The SMILES string of the molecule is COc1ccc(NS(=O)(=O)c2cccc(C(=O)NNC(=O)c3cccc(C(N)=O)c3)c2)cc1. The van der Waals surface area contributed by atoms with Gasteiger partial charge in [0, 0.05) is 22.4 Å². The Morgan fingerprint density at radius 2 is 1.33 bits per heavy atom. The molecule has 3 aromatic carbocycles. The van der Waals surface area contributed by atoms with Crippen LogP contribution in [0.25, 0.3) is 0 Å². The van der Waals surface area contributed by atoms with Crippen LogP contribution < -0.4 is 26.0 Å². The number of sulfonamides is 1. The van der Waals surface area contributed by atoms with Crippen molar-refractivity contribution in [1.29, 1.82) is 0 Å². The highest BCUT2D eigenvalue weighted by atomic mass is 32.2. The molecule has 3 aromatic rings. The number of nitrogens with one attached hydrogen (secondary N) is 3. The molecule has 10 nitrogen and oxygen atoms in total. The molecule has 0 fully saturated rings. The molecule has 0 saturated heterocycles. The van der Waals surface area contributed by atoms with Crippen molar-refractivity contribution in [3.05, 3.63) is 89.5 Å². The predicted octanol–water partition coefficient (Wildman–Crippen LogP) is 1.67. The fraction of sp³-hybridized carbons (Fsp3) is 0.0455. The van der Waals surface area contributed by atoms with Crippen LogP contribution in [-0.2, 0) is 10.0 Å². The van der Waals surface area contributed by atoms with E-state index in [4.69, 9.17) is 10.5 Å². The van der Waals surface area contributed by atoms with E-state index in [1.165, 1.54) is 67.8 Å². The summed E-state index contributed by atoms with van der Waals surface area (Å²) in [6.07, 6.45) is 0. The van der Waals surface area contributed by atoms with Crippen LogP contribution in [-0.4, -0.2) is 33.2 Å². The Labute approximate surface area is 189 Å². The zero-order chi connectivity index (χ0) is 24.0. The van der Waals surface area contributed by atoms with Crippen molar-refractivity contribution < 1.29 is 27.5 Å². The van der Waals surface area contributed by atoms with Crippen molar-refractivity contribution in [3.63, 3.8) is 0 Å². The minimum atomic E-state index is -3.98. The second kappa shape index (κ2) is 9.83. The van der Waals surface area contributed by atoms with Gasteiger partial charge >= 0.3 is 0 Å². The van der Waals surface area contributed by atoms with Crippen molar-refractivity contribution in [2.24, 2.45) is 5.73 Å². The number of nitrogens with two attached hydrogens (primary N) is 1. The number of hydrogen-bond donors (Lipinski definition) is 4. The van der Waals surface area contributed by atoms with E-state index in [0.29, 0.717) is 11.4 Å². The lowest BCUT2D eigenvalue weighted by molar-refractivity contribution is 0.0846. The Balaban J connectivity index is 1.69. The van der Waals surface area contributed by atoms with Crippen LogP contribution in [0.5, 0.6) is 5.75 Å². The predicted molar refractivity (Wildman–Crippen MR) is 120 cm³/mol. The normalized spacial score (nSPS) is 10.7. The summed E-state index contributed by atoms with van der Waals surface area (Å²) in [5.74, 6) is -1.55. The largest absolute Gasteiger partial charge is 0.497 e. The lowest BCUT2D eigenvalue weighted by Gasteiger charge is -2.11. The number of hydrogen-bond acceptors (Lipinski definition) is 6. The molecule has 0 aliphatic heterocycles. The molecule has 11 heteroatoms. The molecule has 0 spiro atoms. The van der Waals surface area contributed by atoms with Crippen LogP contribution >= 0.6 is 0 Å². The topological polar surface area (TPSA) is 157 Å². The molecule has 0 saturated carbocycles. The van der Waals surface area contributed by atoms with E-state index < -0.39 is 27.7 Å². The Morgan fingerprint density at radius 1 is 0.788 bits per heavy atom. The Bertz CT molecular complexity index is 1310. The van der Waals surface area contributed by atoms with Crippen LogP contribution in [0, 0.1) is 0 Å². The van der Waals surface area contributed by atoms with Crippen LogP contribution in [0.3, 0.4) is 0 Å². The number of ether oxygens (including phenoxy) is 1. The monoisotopic (exact) mass is 468 g/mol. The lowest BCUT2D eigenvalue weighted by Crippen LogP contribution is -2.41. The van der Waals surface area contributed by atoms with Crippen LogP contribution in [0.4, 0.5) is 5.69 Å². The Morgan fingerprint density at radius 3 is 1.91 bits per heavy atom. The minimum Gasteiger partial charge on any atom is -0.497 e. The van der Waals surface area contributed by atoms with Gasteiger partial charge in [-0.2, -0.15) is 0 Å². The highest BCUT2D eigenvalue weighted by Crippen LogP contribution is 2.20. The number of hydrazine groups is 1. The number of rotatable bonds is 7. The number of anilines is 1. The van der Waals surface area contributed by atoms with Crippen molar-refractivity contribution in [2.45, 2.75) is 4.90 Å². The van der Waals surface area contributed by atoms with E-state index in [1.807, 2.05) is 0 Å². The highest BCUT2D eigenvalue weighted by molar-refractivity contribution is 7.92. The smallest absolute Gasteiger partial charge is 0.269 e. The van der Waals surface area contributed by atoms with Crippen LogP contribution in [0.2, 0.25) is 0 Å². The molecule has 0 aliphatic rings. The number of carbonyl (C=O) groups is 3. The first kappa shape index (κ1) is 23.3. The van der Waals surface area contributed by atoms with E-state index in [-0.39, 0.29) is 21.6 Å². The van der Waals surface area contributed by atoms with Crippen molar-refractivity contribution in [1.82, 2.24) is 10.9 Å². The summed E-state index contributed by atoms with van der Waals surface area (Å²) in [7, 11) is -2.48. The van der Waals surface area contributed by atoms with Crippen molar-refractivity contribution >= 4 is 33.4 Å². The van der Waals surface area contributed by atoms with Gasteiger partial charge in [0.25, 0.3) is 21.8 Å². The van der Waals surface area contributed by atoms with E-state index in [9.17, 15) is 22.8 Å². The average Bonchev–Trinajstić information content (AvgIpc) is 2.82. The lowest BCUT2D eigenvalue weighted by atomic mass is 10.1. The maximum atomic E-state index is 12.7. The minimum absolute atomic E-state index is 0.00112. The molecular formula is C22H20N4O6S. The van der Waals surface area contributed by atoms with Crippen molar-refractivity contribution in [3.8, 4) is 5.75 Å². The summed E-state index contributed by atoms with van der Waals surface area (Å²) in [6.45, 7) is 0. The summed E-state index contributed by atoms with van der Waals surface area (Å²) in [5, 5.41) is 0. The highest BCUT2D eigenvalue weighted by Gasteiger charge is 2.17. The van der Waals surface area contributed by atoms with Gasteiger partial charge in [-0.1, -0.05) is 12.1 Å². The Kier molecular flexibility index (Phi) is 6.94. The summed E-state index contributed by atoms with van der Waals surface area (Å²) in [4.78, 5) is 35.8. The number of carbonyl (C=O) groups excluding carboxylic acids is 3. The van der Waals surface area contributed by atoms with Crippen LogP contribution in [0.15, 0.2) is 77.7 Å². The van der Waals surface area contributed by atoms with Gasteiger partial charge in [-0.15, -0.1) is 0 Å². The van der Waals surface area contributed by atoms with Crippen LogP contribution in [0.1, 0.15) is 31.1 Å². The third kappa shape index (κ3) is 5.86. The van der Waals surface area contributed by atoms with Gasteiger partial charge in [0.1, 0.15) is 5.75 Å². The third-order valence-electron chi connectivity index (χ3n) is 4.45. The fourth-order valence-electron chi connectivity index (χ4n) is 2.75. The first-order chi connectivity index (χ1) is 15.7. The third-order valence-corrected chi connectivity index (χ3v) is 5.83. The van der Waals surface area contributed by atoms with Crippen molar-refractivity contribution in [2.75, 3.05) is 11.8 Å². The van der Waals surface area contributed by atoms with E-state index in [0.717, 1.165) is 0 Å². The maximum absolute atomic E-state index is 12.7. The van der Waals surface area contributed by atoms with E-state index >= 15 is 0 Å². The molecule has 0 heterocycles. The quantitative estimate of drug-likeness (QED) is 0.386. The molecule has 0 atom stereocenters. The van der Waals surface area contributed by atoms with Gasteiger partial charge in [0.05, 0.1) is 12.0 Å². The summed E-state index contributed by atoms with van der Waals surface area (Å²) < 4.78 is 32.8. The number of amides is 3. The standard InChI is InChI=1S/C22H20N4O6S/c1-32-18-10-8-17(9-11-18)26-33(30,31)19-7-3-6-16(13-19)22(29)25-24-21(28)15-5-2-4-14(12-15)20(23)27/h2-13,26H,1H3,(H2,23,27)(H,24,28)(H,25,29). The van der Waals surface area contributed by atoms with Gasteiger partial charge in [-0.25, -0.2) is 8.42 Å². The van der Waals surface area contributed by atoms with Gasteiger partial charge in [0.2, 0.25) is 5.91 Å². The molecule has 0 unspecified atom stereocenters. The average molecular weight is 468 g/mol. The molecular weight excluding hydrogens is 448 g/mol. The first-order valence-corrected chi connectivity index (χ1v) is 11.0. The molecule has 0 bridgehead atoms. The van der Waals surface area contributed by atoms with Gasteiger partial charge in [0.15, 0.2) is 0 Å². The molecule has 0 aromatic heterocycles. The van der Waals surface area contributed by atoms with E-state index in [1.54, 1.807) is 12.1 Å². The molecule has 0 aliphatic carbocycles. The summed E-state index contributed by atoms with van der Waals surface area (Å²) >= 11 is 0. The summed E-state index contributed by atoms with van der Waals surface area (Å²) in [5.41, 5.74) is 10.2. The van der Waals surface area contributed by atoms with Gasteiger partial charge in [-0.05, 0) is 60.7 Å². The second-order valence-electron chi connectivity index (χ2n) is 6.72. The summed E-state index contributed by atoms with van der Waals surface area (Å²) in [6, 6.07) is 17.2. The zero-order valence-electron chi connectivity index (χ0n) is 17.4. The van der Waals surface area contributed by atoms with Gasteiger partial charge in [-0.3, -0.25) is 30.0 Å². The molecule has 170 valence electrons. The molecule has 33 heavy (non-hydrogen) atoms. The number of primary amides is 1. The van der Waals surface area contributed by atoms with E-state index in [2.05, 4.69) is 15.6 Å².